The number of halogens is 3. The fourth-order valence-electron chi connectivity index (χ4n) is 7.34. The van der Waals surface area contributed by atoms with E-state index in [-0.39, 0.29) is 11.4 Å². The van der Waals surface area contributed by atoms with E-state index in [9.17, 15) is 4.79 Å². The van der Waals surface area contributed by atoms with E-state index in [0.717, 1.165) is 57.2 Å². The zero-order chi connectivity index (χ0) is 33.0. The lowest BCUT2D eigenvalue weighted by Gasteiger charge is -2.36. The van der Waals surface area contributed by atoms with Gasteiger partial charge in [0, 0.05) is 48.8 Å². The van der Waals surface area contributed by atoms with Gasteiger partial charge in [0.25, 0.3) is 5.92 Å². The number of alkyl halides is 2. The van der Waals surface area contributed by atoms with Crippen molar-refractivity contribution in [3.05, 3.63) is 57.8 Å². The molecular weight excluding hydrogens is 607 g/mol. The molecule has 0 radical (unpaired) electrons. The van der Waals surface area contributed by atoms with Gasteiger partial charge in [-0.3, -0.25) is 4.57 Å². The number of anilines is 2. The van der Waals surface area contributed by atoms with Crippen molar-refractivity contribution in [3.63, 3.8) is 0 Å². The van der Waals surface area contributed by atoms with E-state index in [2.05, 4.69) is 20.1 Å². The number of nitrogens with zero attached hydrogens (tertiary/aromatic N) is 4. The molecule has 5 heterocycles. The molecule has 7 rings (SSSR count). The van der Waals surface area contributed by atoms with Crippen LogP contribution in [0.4, 0.5) is 24.7 Å². The number of morpholine rings is 1. The average Bonchev–Trinajstić information content (AvgIpc) is 3.07. The van der Waals surface area contributed by atoms with E-state index >= 15 is 13.2 Å². The summed E-state index contributed by atoms with van der Waals surface area (Å²) in [5, 5.41) is 3.86. The van der Waals surface area contributed by atoms with Crippen LogP contribution in [-0.2, 0) is 17.7 Å². The largest absolute Gasteiger partial charge is 0.491 e. The topological polar surface area (TPSA) is 71.9 Å². The minimum absolute atomic E-state index is 0.102. The number of fused-ring (bicyclic) bond motifs is 12. The Kier molecular flexibility index (Phi) is 10.6. The minimum Gasteiger partial charge on any atom is -0.491 e. The van der Waals surface area contributed by atoms with Crippen molar-refractivity contribution in [3.8, 4) is 5.75 Å². The molecule has 2 aromatic carbocycles. The van der Waals surface area contributed by atoms with E-state index in [4.69, 9.17) is 9.47 Å². The zero-order valence-corrected chi connectivity index (χ0v) is 27.7. The van der Waals surface area contributed by atoms with Crippen LogP contribution in [0.15, 0.2) is 35.1 Å². The SMILES string of the molecule is C[C@H]1Nc2nc(=O)n(C)c3c(cc(N4CCOCC4)cc23)OCCCCCCCCCN2CCC(CC2)C(F)(F)c2cccc1c2F. The average molecular weight is 656 g/mol. The third kappa shape index (κ3) is 7.41. The number of ether oxygens (including phenoxy) is 2. The number of piperidine rings is 1. The van der Waals surface area contributed by atoms with Crippen molar-refractivity contribution < 1.29 is 22.6 Å². The lowest BCUT2D eigenvalue weighted by atomic mass is 9.85. The Labute approximate surface area is 275 Å². The standard InChI is InChI=1S/C36H48F3N5O3/c1-25-28-11-10-12-30(32(28)37)36(38,39)26-13-16-43(17-14-26)15-8-6-4-3-5-7-9-20-47-31-24-27(44-18-21-46-22-19-44)23-29-33(31)42(2)35(45)41-34(29)40-25/h10-12,23-26H,3-9,13-22H2,1-2H3,(H,40,41,45)/t25-/m1/s1. The van der Waals surface area contributed by atoms with Crippen LogP contribution in [-0.4, -0.2) is 67.0 Å². The summed E-state index contributed by atoms with van der Waals surface area (Å²) in [5.74, 6) is -4.30. The number of hydrogen-bond donors (Lipinski definition) is 1. The van der Waals surface area contributed by atoms with Crippen LogP contribution in [0, 0.1) is 11.7 Å². The molecule has 4 aliphatic heterocycles. The summed E-state index contributed by atoms with van der Waals surface area (Å²) < 4.78 is 61.5. The molecule has 2 saturated heterocycles. The van der Waals surface area contributed by atoms with E-state index < -0.39 is 35.0 Å². The number of aryl methyl sites for hydroxylation is 1. The van der Waals surface area contributed by atoms with Crippen LogP contribution < -0.4 is 20.6 Å². The summed E-state index contributed by atoms with van der Waals surface area (Å²) >= 11 is 0. The van der Waals surface area contributed by atoms with Crippen molar-refractivity contribution in [2.75, 3.05) is 62.8 Å². The Bertz CT molecular complexity index is 1580. The first-order valence-electron chi connectivity index (χ1n) is 17.4. The summed E-state index contributed by atoms with van der Waals surface area (Å²) in [4.78, 5) is 22.0. The highest BCUT2D eigenvalue weighted by molar-refractivity contribution is 5.96. The van der Waals surface area contributed by atoms with Gasteiger partial charge in [0.05, 0.1) is 36.9 Å². The highest BCUT2D eigenvalue weighted by atomic mass is 19.3. The Balaban J connectivity index is 1.39. The normalized spacial score (nSPS) is 24.8. The Morgan fingerprint density at radius 1 is 0.915 bits per heavy atom. The summed E-state index contributed by atoms with van der Waals surface area (Å²) in [6.45, 7) is 6.96. The lowest BCUT2D eigenvalue weighted by molar-refractivity contribution is -0.0880. The van der Waals surface area contributed by atoms with Gasteiger partial charge in [0.15, 0.2) is 0 Å². The van der Waals surface area contributed by atoms with Crippen molar-refractivity contribution in [1.29, 1.82) is 0 Å². The second-order valence-electron chi connectivity index (χ2n) is 13.4. The van der Waals surface area contributed by atoms with Crippen LogP contribution >= 0.6 is 0 Å². The smallest absolute Gasteiger partial charge is 0.349 e. The summed E-state index contributed by atoms with van der Waals surface area (Å²) in [6, 6.07) is 7.42. The number of rotatable bonds is 1. The molecule has 0 spiro atoms. The van der Waals surface area contributed by atoms with Gasteiger partial charge in [-0.2, -0.15) is 4.98 Å². The molecule has 2 fully saturated rings. The molecule has 1 N–H and O–H groups in total. The molecule has 47 heavy (non-hydrogen) atoms. The molecule has 1 aromatic heterocycles. The highest BCUT2D eigenvalue weighted by Gasteiger charge is 2.45. The van der Waals surface area contributed by atoms with Crippen LogP contribution in [0.2, 0.25) is 0 Å². The van der Waals surface area contributed by atoms with Gasteiger partial charge >= 0.3 is 5.69 Å². The maximum Gasteiger partial charge on any atom is 0.349 e. The van der Waals surface area contributed by atoms with Crippen molar-refractivity contribution >= 4 is 22.4 Å². The van der Waals surface area contributed by atoms with E-state index in [1.807, 2.05) is 12.1 Å². The maximum absolute atomic E-state index is 16.1. The highest BCUT2D eigenvalue weighted by Crippen LogP contribution is 2.44. The number of aromatic nitrogens is 2. The molecule has 0 aliphatic carbocycles. The van der Waals surface area contributed by atoms with Gasteiger partial charge in [0.1, 0.15) is 17.4 Å². The van der Waals surface area contributed by atoms with E-state index in [1.54, 1.807) is 14.0 Å². The van der Waals surface area contributed by atoms with E-state index in [0.29, 0.717) is 75.5 Å². The fourth-order valence-corrected chi connectivity index (χ4v) is 7.34. The third-order valence-electron chi connectivity index (χ3n) is 10.2. The lowest BCUT2D eigenvalue weighted by Crippen LogP contribution is -2.40. The first-order valence-corrected chi connectivity index (χ1v) is 17.4. The second kappa shape index (κ2) is 14.8. The molecule has 0 unspecified atom stereocenters. The molecule has 256 valence electrons. The molecule has 0 saturated carbocycles. The Hall–Kier alpha value is -3.31. The van der Waals surface area contributed by atoms with Crippen LogP contribution in [0.3, 0.4) is 0 Å². The van der Waals surface area contributed by atoms with Crippen molar-refractivity contribution in [1.82, 2.24) is 14.5 Å². The van der Waals surface area contributed by atoms with Gasteiger partial charge in [-0.25, -0.2) is 18.0 Å². The molecular formula is C36H48F3N5O3. The fraction of sp³-hybridized carbons (Fsp3) is 0.611. The zero-order valence-electron chi connectivity index (χ0n) is 27.7. The van der Waals surface area contributed by atoms with Gasteiger partial charge in [-0.1, -0.05) is 50.3 Å². The molecule has 11 heteroatoms. The van der Waals surface area contributed by atoms with Gasteiger partial charge in [0.2, 0.25) is 0 Å². The van der Waals surface area contributed by atoms with Gasteiger partial charge in [-0.05, 0) is 58.3 Å². The third-order valence-corrected chi connectivity index (χ3v) is 10.2. The van der Waals surface area contributed by atoms with Gasteiger partial charge < -0.3 is 24.6 Å². The summed E-state index contributed by atoms with van der Waals surface area (Å²) in [6.07, 6.45) is 8.26. The molecule has 8 bridgehead atoms. The number of hydrogen-bond acceptors (Lipinski definition) is 7. The molecule has 3 aromatic rings. The summed E-state index contributed by atoms with van der Waals surface area (Å²) in [7, 11) is 1.66. The monoisotopic (exact) mass is 655 g/mol. The second-order valence-corrected chi connectivity index (χ2v) is 13.4. The molecule has 1 atom stereocenters. The molecule has 8 nitrogen and oxygen atoms in total. The van der Waals surface area contributed by atoms with Crippen LogP contribution in [0.25, 0.3) is 10.9 Å². The quantitative estimate of drug-likeness (QED) is 0.303. The van der Waals surface area contributed by atoms with Crippen LogP contribution in [0.5, 0.6) is 5.75 Å². The summed E-state index contributed by atoms with van der Waals surface area (Å²) in [5.41, 5.74) is 0.532. The minimum atomic E-state index is -3.30. The maximum atomic E-state index is 16.1. The van der Waals surface area contributed by atoms with Crippen molar-refractivity contribution in [2.24, 2.45) is 13.0 Å². The number of nitrogens with one attached hydrogen (secondary N) is 1. The van der Waals surface area contributed by atoms with Gasteiger partial charge in [-0.15, -0.1) is 0 Å². The first kappa shape index (κ1) is 33.6. The number of benzene rings is 2. The molecule has 0 amide bonds. The Morgan fingerprint density at radius 2 is 1.62 bits per heavy atom. The Morgan fingerprint density at radius 3 is 2.36 bits per heavy atom. The predicted octanol–water partition coefficient (Wildman–Crippen LogP) is 7.01. The first-order chi connectivity index (χ1) is 22.7. The van der Waals surface area contributed by atoms with Crippen LogP contribution in [0.1, 0.15) is 81.9 Å². The predicted molar refractivity (Wildman–Crippen MR) is 179 cm³/mol. The molecule has 4 aliphatic rings. The van der Waals surface area contributed by atoms with Crippen molar-refractivity contribution in [2.45, 2.75) is 76.7 Å². The van der Waals surface area contributed by atoms with E-state index in [1.165, 1.54) is 22.8 Å².